The van der Waals surface area contributed by atoms with Crippen molar-refractivity contribution in [3.63, 3.8) is 0 Å². The third-order valence-corrected chi connectivity index (χ3v) is 3.13. The van der Waals surface area contributed by atoms with E-state index in [9.17, 15) is 4.79 Å². The number of hydrogen-bond acceptors (Lipinski definition) is 1. The first-order valence-electron chi connectivity index (χ1n) is 4.25. The third-order valence-electron chi connectivity index (χ3n) is 2.28. The summed E-state index contributed by atoms with van der Waals surface area (Å²) in [5, 5.41) is 2.87. The Kier molecular flexibility index (Phi) is 2.12. The van der Waals surface area contributed by atoms with Crippen molar-refractivity contribution in [1.82, 2.24) is 0 Å². The van der Waals surface area contributed by atoms with E-state index in [1.165, 1.54) is 5.56 Å². The van der Waals surface area contributed by atoms with Crippen LogP contribution in [0.5, 0.6) is 0 Å². The van der Waals surface area contributed by atoms with Crippen LogP contribution in [0.25, 0.3) is 0 Å². The molecule has 68 valence electrons. The van der Waals surface area contributed by atoms with Crippen molar-refractivity contribution in [2.75, 3.05) is 5.32 Å². The van der Waals surface area contributed by atoms with E-state index in [1.807, 2.05) is 13.0 Å². The van der Waals surface area contributed by atoms with Crippen LogP contribution in [0.15, 0.2) is 16.6 Å². The van der Waals surface area contributed by atoms with Gasteiger partial charge in [0.15, 0.2) is 0 Å². The smallest absolute Gasteiger partial charge is 0.224 e. The Hall–Kier alpha value is -0.830. The highest BCUT2D eigenvalue weighted by Crippen LogP contribution is 2.28. The fourth-order valence-electron chi connectivity index (χ4n) is 1.51. The van der Waals surface area contributed by atoms with Crippen molar-refractivity contribution >= 4 is 27.5 Å². The summed E-state index contributed by atoms with van der Waals surface area (Å²) in [4.78, 5) is 11.1. The second kappa shape index (κ2) is 3.14. The lowest BCUT2D eigenvalue weighted by Crippen LogP contribution is -2.18. The van der Waals surface area contributed by atoms with Crippen molar-refractivity contribution in [2.24, 2.45) is 0 Å². The Morgan fingerprint density at radius 1 is 1.38 bits per heavy atom. The Morgan fingerprint density at radius 2 is 2.15 bits per heavy atom. The molecule has 1 heterocycles. The number of hydrogen-bond donors (Lipinski definition) is 1. The van der Waals surface area contributed by atoms with Crippen molar-refractivity contribution in [3.8, 4) is 0 Å². The molecule has 0 aromatic heterocycles. The van der Waals surface area contributed by atoms with Crippen LogP contribution < -0.4 is 5.32 Å². The van der Waals surface area contributed by atoms with E-state index in [0.717, 1.165) is 22.1 Å². The van der Waals surface area contributed by atoms with Crippen LogP contribution in [0, 0.1) is 6.92 Å². The summed E-state index contributed by atoms with van der Waals surface area (Å²) in [6.07, 6.45) is 1.45. The zero-order valence-corrected chi connectivity index (χ0v) is 8.94. The first kappa shape index (κ1) is 8.75. The largest absolute Gasteiger partial charge is 0.326 e. The number of benzene rings is 1. The number of anilines is 1. The molecule has 0 spiro atoms. The molecule has 1 aromatic carbocycles. The fourth-order valence-corrected chi connectivity index (χ4v) is 1.90. The van der Waals surface area contributed by atoms with E-state index in [4.69, 9.17) is 0 Å². The van der Waals surface area contributed by atoms with Gasteiger partial charge in [0.1, 0.15) is 0 Å². The fraction of sp³-hybridized carbons (Fsp3) is 0.300. The van der Waals surface area contributed by atoms with Crippen molar-refractivity contribution < 1.29 is 4.79 Å². The Labute approximate surface area is 85.5 Å². The summed E-state index contributed by atoms with van der Waals surface area (Å²) in [7, 11) is 0. The van der Waals surface area contributed by atoms with E-state index >= 15 is 0 Å². The van der Waals surface area contributed by atoms with Crippen molar-refractivity contribution in [2.45, 2.75) is 19.8 Å². The van der Waals surface area contributed by atoms with Gasteiger partial charge in [-0.05, 0) is 36.6 Å². The maximum atomic E-state index is 11.1. The maximum absolute atomic E-state index is 11.1. The molecule has 0 aliphatic carbocycles. The van der Waals surface area contributed by atoms with Gasteiger partial charge in [0.05, 0.1) is 0 Å². The molecule has 0 fully saturated rings. The third kappa shape index (κ3) is 1.61. The molecule has 13 heavy (non-hydrogen) atoms. The topological polar surface area (TPSA) is 29.1 Å². The van der Waals surface area contributed by atoms with E-state index in [0.29, 0.717) is 6.42 Å². The van der Waals surface area contributed by atoms with Crippen LogP contribution >= 0.6 is 15.9 Å². The first-order chi connectivity index (χ1) is 6.16. The molecule has 3 heteroatoms. The van der Waals surface area contributed by atoms with Gasteiger partial charge in [-0.1, -0.05) is 15.9 Å². The van der Waals surface area contributed by atoms with Gasteiger partial charge < -0.3 is 5.32 Å². The van der Waals surface area contributed by atoms with E-state index < -0.39 is 0 Å². The standard InChI is InChI=1S/C10H10BrNO/c1-6-4-9-7(5-8(6)11)2-3-10(13)12-9/h4-5H,2-3H2,1H3,(H,12,13). The molecular formula is C10H10BrNO. The Balaban J connectivity index is 2.49. The minimum Gasteiger partial charge on any atom is -0.326 e. The maximum Gasteiger partial charge on any atom is 0.224 e. The molecule has 1 aliphatic heterocycles. The lowest BCUT2D eigenvalue weighted by molar-refractivity contribution is -0.116. The van der Waals surface area contributed by atoms with Crippen LogP contribution in [0.3, 0.4) is 0 Å². The predicted molar refractivity (Wildman–Crippen MR) is 55.8 cm³/mol. The molecule has 2 nitrogen and oxygen atoms in total. The highest BCUT2D eigenvalue weighted by molar-refractivity contribution is 9.10. The normalized spacial score (nSPS) is 15.1. The summed E-state index contributed by atoms with van der Waals surface area (Å²) in [6.45, 7) is 2.02. The summed E-state index contributed by atoms with van der Waals surface area (Å²) in [6, 6.07) is 4.10. The summed E-state index contributed by atoms with van der Waals surface area (Å²) < 4.78 is 1.11. The van der Waals surface area contributed by atoms with Crippen LogP contribution in [0.2, 0.25) is 0 Å². The summed E-state index contributed by atoms with van der Waals surface area (Å²) in [5.74, 6) is 0.120. The molecule has 0 saturated heterocycles. The summed E-state index contributed by atoms with van der Waals surface area (Å²) in [5.41, 5.74) is 3.34. The van der Waals surface area contributed by atoms with Crippen LogP contribution in [-0.4, -0.2) is 5.91 Å². The van der Waals surface area contributed by atoms with Gasteiger partial charge in [-0.15, -0.1) is 0 Å². The second-order valence-electron chi connectivity index (χ2n) is 3.31. The minimum absolute atomic E-state index is 0.120. The average molecular weight is 240 g/mol. The van der Waals surface area contributed by atoms with Gasteiger partial charge in [-0.25, -0.2) is 0 Å². The van der Waals surface area contributed by atoms with Crippen LogP contribution in [0.4, 0.5) is 5.69 Å². The zero-order valence-electron chi connectivity index (χ0n) is 7.36. The molecule has 0 radical (unpaired) electrons. The number of aryl methyl sites for hydroxylation is 2. The molecule has 0 bridgehead atoms. The van der Waals surface area contributed by atoms with Gasteiger partial charge in [-0.2, -0.15) is 0 Å². The van der Waals surface area contributed by atoms with E-state index in [-0.39, 0.29) is 5.91 Å². The number of amides is 1. The SMILES string of the molecule is Cc1cc2c(cc1Br)CCC(=O)N2. The average Bonchev–Trinajstić information content (AvgIpc) is 2.08. The lowest BCUT2D eigenvalue weighted by atomic mass is 10.0. The number of rotatable bonds is 0. The predicted octanol–water partition coefficient (Wildman–Crippen LogP) is 2.64. The highest BCUT2D eigenvalue weighted by Gasteiger charge is 2.15. The molecule has 1 aromatic rings. The van der Waals surface area contributed by atoms with Gasteiger partial charge in [-0.3, -0.25) is 4.79 Å². The lowest BCUT2D eigenvalue weighted by Gasteiger charge is -2.17. The monoisotopic (exact) mass is 239 g/mol. The number of halogens is 1. The molecule has 0 atom stereocenters. The van der Waals surface area contributed by atoms with Crippen LogP contribution in [-0.2, 0) is 11.2 Å². The summed E-state index contributed by atoms with van der Waals surface area (Å²) >= 11 is 3.48. The first-order valence-corrected chi connectivity index (χ1v) is 5.05. The van der Waals surface area contributed by atoms with Crippen molar-refractivity contribution in [3.05, 3.63) is 27.7 Å². The molecule has 0 unspecified atom stereocenters. The van der Waals surface area contributed by atoms with Crippen LogP contribution in [0.1, 0.15) is 17.5 Å². The molecule has 1 amide bonds. The van der Waals surface area contributed by atoms with E-state index in [1.54, 1.807) is 0 Å². The number of carbonyl (C=O) groups excluding carboxylic acids is 1. The minimum atomic E-state index is 0.120. The zero-order chi connectivity index (χ0) is 9.42. The van der Waals surface area contributed by atoms with Gasteiger partial charge in [0.2, 0.25) is 5.91 Å². The molecule has 2 rings (SSSR count). The molecule has 0 saturated carbocycles. The molecule has 1 aliphatic rings. The van der Waals surface area contributed by atoms with Gasteiger partial charge in [0, 0.05) is 16.6 Å². The molecule has 1 N–H and O–H groups in total. The highest BCUT2D eigenvalue weighted by atomic mass is 79.9. The van der Waals surface area contributed by atoms with E-state index in [2.05, 4.69) is 27.3 Å². The number of nitrogens with one attached hydrogen (secondary N) is 1. The van der Waals surface area contributed by atoms with Gasteiger partial charge in [0.25, 0.3) is 0 Å². The Bertz CT molecular complexity index is 373. The quantitative estimate of drug-likeness (QED) is 0.742. The number of carbonyl (C=O) groups is 1. The molecular weight excluding hydrogens is 230 g/mol. The van der Waals surface area contributed by atoms with Gasteiger partial charge >= 0.3 is 0 Å². The Morgan fingerprint density at radius 3 is 2.92 bits per heavy atom. The number of fused-ring (bicyclic) bond motifs is 1. The van der Waals surface area contributed by atoms with Crippen molar-refractivity contribution in [1.29, 1.82) is 0 Å². The second-order valence-corrected chi connectivity index (χ2v) is 4.16.